The van der Waals surface area contributed by atoms with Crippen molar-refractivity contribution in [2.24, 2.45) is 0 Å². The molecule has 2 aromatic carbocycles. The number of carbonyl (C=O) groups excluding carboxylic acids is 2. The second-order valence-electron chi connectivity index (χ2n) is 5.85. The lowest BCUT2D eigenvalue weighted by Crippen LogP contribution is -2.23. The van der Waals surface area contributed by atoms with Crippen LogP contribution in [0, 0.1) is 13.8 Å². The Balaban J connectivity index is 1.82. The molecule has 4 heteroatoms. The second kappa shape index (κ2) is 8.29. The number of Topliss-reactive ketones (excluding diaryl/α,β-unsaturated/α-hetero) is 1. The molecular formula is C20H23NO3. The van der Waals surface area contributed by atoms with Gasteiger partial charge in [-0.2, -0.15) is 0 Å². The summed E-state index contributed by atoms with van der Waals surface area (Å²) in [6, 6.07) is 13.2. The first-order valence-corrected chi connectivity index (χ1v) is 7.99. The van der Waals surface area contributed by atoms with Crippen LogP contribution in [0.1, 0.15) is 39.9 Å². The summed E-state index contributed by atoms with van der Waals surface area (Å²) in [5.74, 6) is 0.622. The van der Waals surface area contributed by atoms with Crippen molar-refractivity contribution < 1.29 is 14.3 Å². The third-order valence-electron chi connectivity index (χ3n) is 4.03. The van der Waals surface area contributed by atoms with Gasteiger partial charge in [-0.25, -0.2) is 0 Å². The molecule has 4 nitrogen and oxygen atoms in total. The van der Waals surface area contributed by atoms with Gasteiger partial charge in [-0.15, -0.1) is 0 Å². The normalized spacial score (nSPS) is 10.3. The van der Waals surface area contributed by atoms with Gasteiger partial charge in [0, 0.05) is 24.9 Å². The highest BCUT2D eigenvalue weighted by atomic mass is 16.5. The second-order valence-corrected chi connectivity index (χ2v) is 5.85. The van der Waals surface area contributed by atoms with Crippen LogP contribution in [-0.2, 0) is 11.3 Å². The van der Waals surface area contributed by atoms with E-state index in [0.29, 0.717) is 12.1 Å². The molecular weight excluding hydrogens is 302 g/mol. The van der Waals surface area contributed by atoms with Crippen LogP contribution in [0.15, 0.2) is 42.5 Å². The highest BCUT2D eigenvalue weighted by Gasteiger charge is 2.10. The van der Waals surface area contributed by atoms with Gasteiger partial charge in [0.25, 0.3) is 0 Å². The number of amides is 1. The van der Waals surface area contributed by atoms with Gasteiger partial charge in [-0.3, -0.25) is 9.59 Å². The smallest absolute Gasteiger partial charge is 0.220 e. The van der Waals surface area contributed by atoms with Gasteiger partial charge in [0.15, 0.2) is 5.78 Å². The van der Waals surface area contributed by atoms with E-state index in [1.807, 2.05) is 56.3 Å². The molecule has 0 aromatic heterocycles. The zero-order valence-electron chi connectivity index (χ0n) is 14.4. The molecule has 0 aliphatic carbocycles. The number of carbonyl (C=O) groups is 2. The van der Waals surface area contributed by atoms with Crippen LogP contribution in [-0.4, -0.2) is 18.8 Å². The quantitative estimate of drug-likeness (QED) is 0.792. The van der Waals surface area contributed by atoms with E-state index in [1.54, 1.807) is 7.11 Å². The molecule has 2 aromatic rings. The summed E-state index contributed by atoms with van der Waals surface area (Å²) in [7, 11) is 1.61. The number of hydrogen-bond donors (Lipinski definition) is 1. The Morgan fingerprint density at radius 3 is 2.50 bits per heavy atom. The molecule has 0 unspecified atom stereocenters. The van der Waals surface area contributed by atoms with E-state index in [4.69, 9.17) is 4.74 Å². The fourth-order valence-corrected chi connectivity index (χ4v) is 2.36. The molecule has 24 heavy (non-hydrogen) atoms. The standard InChI is InChI=1S/C20H23NO3/c1-14-7-8-17(11-15(14)2)19(22)9-10-20(23)21-13-16-5-4-6-18(12-16)24-3/h4-8,11-12H,9-10,13H2,1-3H3,(H,21,23). The third kappa shape index (κ3) is 4.95. The molecule has 0 aliphatic rings. The molecule has 0 spiro atoms. The molecule has 126 valence electrons. The topological polar surface area (TPSA) is 55.4 Å². The average Bonchev–Trinajstić information content (AvgIpc) is 2.60. The van der Waals surface area contributed by atoms with E-state index in [2.05, 4.69) is 5.32 Å². The third-order valence-corrected chi connectivity index (χ3v) is 4.03. The number of nitrogens with one attached hydrogen (secondary N) is 1. The Kier molecular flexibility index (Phi) is 6.13. The molecule has 0 saturated heterocycles. The highest BCUT2D eigenvalue weighted by Crippen LogP contribution is 2.13. The Labute approximate surface area is 142 Å². The Morgan fingerprint density at radius 1 is 1.00 bits per heavy atom. The predicted octanol–water partition coefficient (Wildman–Crippen LogP) is 3.59. The van der Waals surface area contributed by atoms with Gasteiger partial charge in [0.1, 0.15) is 5.75 Å². The first kappa shape index (κ1) is 17.7. The summed E-state index contributed by atoms with van der Waals surface area (Å²) in [5, 5.41) is 2.83. The maximum absolute atomic E-state index is 12.2. The SMILES string of the molecule is COc1cccc(CNC(=O)CCC(=O)c2ccc(C)c(C)c2)c1. The van der Waals surface area contributed by atoms with Crippen LogP contribution in [0.2, 0.25) is 0 Å². The van der Waals surface area contributed by atoms with Crippen molar-refractivity contribution in [2.45, 2.75) is 33.2 Å². The predicted molar refractivity (Wildman–Crippen MR) is 94.3 cm³/mol. The number of ether oxygens (including phenoxy) is 1. The number of aryl methyl sites for hydroxylation is 2. The fraction of sp³-hybridized carbons (Fsp3) is 0.300. The maximum atomic E-state index is 12.2. The summed E-state index contributed by atoms with van der Waals surface area (Å²) in [4.78, 5) is 24.1. The van der Waals surface area contributed by atoms with E-state index in [0.717, 1.165) is 22.4 Å². The van der Waals surface area contributed by atoms with Crippen LogP contribution in [0.25, 0.3) is 0 Å². The summed E-state index contributed by atoms with van der Waals surface area (Å²) in [6.07, 6.45) is 0.405. The van der Waals surface area contributed by atoms with Gasteiger partial charge < -0.3 is 10.1 Å². The Morgan fingerprint density at radius 2 is 1.79 bits per heavy atom. The van der Waals surface area contributed by atoms with E-state index in [9.17, 15) is 9.59 Å². The van der Waals surface area contributed by atoms with Crippen molar-refractivity contribution in [2.75, 3.05) is 7.11 Å². The summed E-state index contributed by atoms with van der Waals surface area (Å²) < 4.78 is 5.15. The van der Waals surface area contributed by atoms with Crippen LogP contribution in [0.4, 0.5) is 0 Å². The van der Waals surface area contributed by atoms with Gasteiger partial charge in [-0.05, 0) is 48.7 Å². The molecule has 0 heterocycles. The molecule has 2 rings (SSSR count). The molecule has 0 aliphatic heterocycles. The number of ketones is 1. The molecule has 0 atom stereocenters. The fourth-order valence-electron chi connectivity index (χ4n) is 2.36. The monoisotopic (exact) mass is 325 g/mol. The lowest BCUT2D eigenvalue weighted by Gasteiger charge is -2.07. The van der Waals surface area contributed by atoms with Crippen molar-refractivity contribution in [1.29, 1.82) is 0 Å². The van der Waals surface area contributed by atoms with Gasteiger partial charge in [-0.1, -0.05) is 24.3 Å². The molecule has 1 amide bonds. The van der Waals surface area contributed by atoms with Crippen molar-refractivity contribution in [3.8, 4) is 5.75 Å². The minimum atomic E-state index is -0.130. The average molecular weight is 325 g/mol. The lowest BCUT2D eigenvalue weighted by molar-refractivity contribution is -0.121. The molecule has 0 saturated carbocycles. The van der Waals surface area contributed by atoms with Crippen LogP contribution in [0.5, 0.6) is 5.75 Å². The van der Waals surface area contributed by atoms with Crippen LogP contribution in [0.3, 0.4) is 0 Å². The van der Waals surface area contributed by atoms with Crippen molar-refractivity contribution in [1.82, 2.24) is 5.32 Å². The summed E-state index contributed by atoms with van der Waals surface area (Å²) in [5.41, 5.74) is 3.87. The largest absolute Gasteiger partial charge is 0.497 e. The van der Waals surface area contributed by atoms with E-state index >= 15 is 0 Å². The zero-order chi connectivity index (χ0) is 17.5. The first-order chi connectivity index (χ1) is 11.5. The van der Waals surface area contributed by atoms with Gasteiger partial charge in [0.2, 0.25) is 5.91 Å². The van der Waals surface area contributed by atoms with Crippen LogP contribution >= 0.6 is 0 Å². The zero-order valence-corrected chi connectivity index (χ0v) is 14.4. The molecule has 0 radical (unpaired) electrons. The highest BCUT2D eigenvalue weighted by molar-refractivity contribution is 5.98. The Bertz CT molecular complexity index is 737. The van der Waals surface area contributed by atoms with Gasteiger partial charge in [0.05, 0.1) is 7.11 Å². The van der Waals surface area contributed by atoms with E-state index in [-0.39, 0.29) is 24.5 Å². The van der Waals surface area contributed by atoms with E-state index in [1.165, 1.54) is 0 Å². The van der Waals surface area contributed by atoms with Crippen molar-refractivity contribution in [3.05, 3.63) is 64.7 Å². The summed E-state index contributed by atoms with van der Waals surface area (Å²) in [6.45, 7) is 4.41. The summed E-state index contributed by atoms with van der Waals surface area (Å²) >= 11 is 0. The lowest BCUT2D eigenvalue weighted by atomic mass is 10.0. The minimum absolute atomic E-state index is 0.00497. The van der Waals surface area contributed by atoms with Crippen LogP contribution < -0.4 is 10.1 Å². The molecule has 0 fully saturated rings. The van der Waals surface area contributed by atoms with Crippen molar-refractivity contribution >= 4 is 11.7 Å². The van der Waals surface area contributed by atoms with Crippen molar-refractivity contribution in [3.63, 3.8) is 0 Å². The maximum Gasteiger partial charge on any atom is 0.220 e. The number of rotatable bonds is 7. The number of methoxy groups -OCH3 is 1. The Hall–Kier alpha value is -2.62. The molecule has 0 bridgehead atoms. The minimum Gasteiger partial charge on any atom is -0.497 e. The van der Waals surface area contributed by atoms with E-state index < -0.39 is 0 Å². The van der Waals surface area contributed by atoms with Gasteiger partial charge >= 0.3 is 0 Å². The number of hydrogen-bond acceptors (Lipinski definition) is 3. The number of benzene rings is 2. The molecule has 1 N–H and O–H groups in total. The first-order valence-electron chi connectivity index (χ1n) is 7.99.